The van der Waals surface area contributed by atoms with Crippen LogP contribution in [0.25, 0.3) is 0 Å². The van der Waals surface area contributed by atoms with E-state index in [1.165, 1.54) is 17.0 Å². The van der Waals surface area contributed by atoms with Crippen molar-refractivity contribution in [1.82, 2.24) is 5.32 Å². The molecule has 0 unspecified atom stereocenters. The van der Waals surface area contributed by atoms with Gasteiger partial charge in [0.2, 0.25) is 0 Å². The first kappa shape index (κ1) is 21.1. The Morgan fingerprint density at radius 2 is 1.76 bits per heavy atom. The summed E-state index contributed by atoms with van der Waals surface area (Å²) in [6.07, 6.45) is -4.46. The van der Waals surface area contributed by atoms with Gasteiger partial charge in [-0.1, -0.05) is 36.4 Å². The van der Waals surface area contributed by atoms with Crippen molar-refractivity contribution in [1.29, 1.82) is 0 Å². The Morgan fingerprint density at radius 1 is 1.07 bits per heavy atom. The quantitative estimate of drug-likeness (QED) is 0.713. The minimum Gasteiger partial charge on any atom is -0.370 e. The number of carbonyl (C=O) groups excluding carboxylic acids is 1. The third-order valence-electron chi connectivity index (χ3n) is 5.04. The van der Waals surface area contributed by atoms with Gasteiger partial charge in [0, 0.05) is 11.3 Å². The Labute approximate surface area is 167 Å². The molecule has 1 heterocycles. The molecule has 2 atom stereocenters. The maximum absolute atomic E-state index is 12.9. The standard InChI is InChI=1S/C21H24F3N3O2/c1-15(19(16-6-3-2-4-7-16)27-10-12-29-13-11-27)25-20(28)26-18-9-5-8-17(14-18)21(22,23)24/h2-9,14-15,19H,10-13H2,1H3,(H2,25,26,28)/p+1/t15-,19+/m1/s1. The van der Waals surface area contributed by atoms with Gasteiger partial charge in [0.15, 0.2) is 0 Å². The van der Waals surface area contributed by atoms with Crippen molar-refractivity contribution in [2.24, 2.45) is 0 Å². The summed E-state index contributed by atoms with van der Waals surface area (Å²) in [5, 5.41) is 5.40. The summed E-state index contributed by atoms with van der Waals surface area (Å²) < 4.78 is 44.1. The maximum Gasteiger partial charge on any atom is 0.416 e. The van der Waals surface area contributed by atoms with Gasteiger partial charge >= 0.3 is 12.2 Å². The lowest BCUT2D eigenvalue weighted by atomic mass is 9.98. The Bertz CT molecular complexity index is 808. The van der Waals surface area contributed by atoms with Crippen LogP contribution in [0.4, 0.5) is 23.7 Å². The molecule has 2 aromatic carbocycles. The average molecular weight is 408 g/mol. The van der Waals surface area contributed by atoms with Crippen LogP contribution in [0.3, 0.4) is 0 Å². The zero-order valence-corrected chi connectivity index (χ0v) is 16.1. The first-order valence-corrected chi connectivity index (χ1v) is 9.56. The third kappa shape index (κ3) is 5.71. The van der Waals surface area contributed by atoms with Crippen molar-refractivity contribution in [3.8, 4) is 0 Å². The molecule has 3 N–H and O–H groups in total. The van der Waals surface area contributed by atoms with Gasteiger partial charge < -0.3 is 20.3 Å². The van der Waals surface area contributed by atoms with Gasteiger partial charge in [-0.2, -0.15) is 13.2 Å². The molecule has 8 heteroatoms. The van der Waals surface area contributed by atoms with E-state index in [0.717, 1.165) is 30.8 Å². The van der Waals surface area contributed by atoms with Crippen LogP contribution >= 0.6 is 0 Å². The molecule has 1 aliphatic rings. The number of benzene rings is 2. The molecule has 1 aliphatic heterocycles. The Balaban J connectivity index is 1.70. The molecular weight excluding hydrogens is 383 g/mol. The summed E-state index contributed by atoms with van der Waals surface area (Å²) in [5.74, 6) is 0. The van der Waals surface area contributed by atoms with E-state index in [2.05, 4.69) is 10.6 Å². The number of halogens is 3. The van der Waals surface area contributed by atoms with Crippen LogP contribution in [0.5, 0.6) is 0 Å². The van der Waals surface area contributed by atoms with E-state index in [0.29, 0.717) is 13.2 Å². The van der Waals surface area contributed by atoms with Gasteiger partial charge in [-0.15, -0.1) is 0 Å². The second kappa shape index (κ2) is 9.28. The molecule has 0 aliphatic carbocycles. The molecule has 156 valence electrons. The fraction of sp³-hybridized carbons (Fsp3) is 0.381. The van der Waals surface area contributed by atoms with Crippen molar-refractivity contribution >= 4 is 11.7 Å². The van der Waals surface area contributed by atoms with Crippen LogP contribution < -0.4 is 15.5 Å². The topological polar surface area (TPSA) is 54.8 Å². The number of quaternary nitrogens is 1. The van der Waals surface area contributed by atoms with Crippen LogP contribution in [0, 0.1) is 0 Å². The van der Waals surface area contributed by atoms with E-state index in [-0.39, 0.29) is 17.8 Å². The second-order valence-electron chi connectivity index (χ2n) is 7.12. The first-order chi connectivity index (χ1) is 13.8. The molecule has 0 spiro atoms. The molecular formula is C21H25F3N3O2+. The Morgan fingerprint density at radius 3 is 2.41 bits per heavy atom. The van der Waals surface area contributed by atoms with Gasteiger partial charge in [0.25, 0.3) is 0 Å². The summed E-state index contributed by atoms with van der Waals surface area (Å²) in [4.78, 5) is 13.8. The molecule has 0 aromatic heterocycles. The lowest BCUT2D eigenvalue weighted by molar-refractivity contribution is -0.940. The van der Waals surface area contributed by atoms with Crippen molar-refractivity contribution in [2.45, 2.75) is 25.2 Å². The predicted octanol–water partition coefficient (Wildman–Crippen LogP) is 2.87. The number of hydrogen-bond acceptors (Lipinski definition) is 2. The first-order valence-electron chi connectivity index (χ1n) is 9.56. The lowest BCUT2D eigenvalue weighted by Crippen LogP contribution is -3.15. The molecule has 2 amide bonds. The molecule has 29 heavy (non-hydrogen) atoms. The van der Waals surface area contributed by atoms with Crippen LogP contribution in [-0.2, 0) is 10.9 Å². The van der Waals surface area contributed by atoms with Gasteiger partial charge in [0.1, 0.15) is 19.1 Å². The number of morpholine rings is 1. The minimum atomic E-state index is -4.46. The fourth-order valence-electron chi connectivity index (χ4n) is 3.71. The predicted molar refractivity (Wildman–Crippen MR) is 104 cm³/mol. The number of urea groups is 1. The van der Waals surface area contributed by atoms with Crippen molar-refractivity contribution in [3.63, 3.8) is 0 Å². The highest BCUT2D eigenvalue weighted by molar-refractivity contribution is 5.89. The van der Waals surface area contributed by atoms with Crippen LogP contribution in [-0.4, -0.2) is 38.4 Å². The van der Waals surface area contributed by atoms with Gasteiger partial charge in [-0.3, -0.25) is 0 Å². The summed E-state index contributed by atoms with van der Waals surface area (Å²) >= 11 is 0. The molecule has 0 bridgehead atoms. The highest BCUT2D eigenvalue weighted by atomic mass is 19.4. The van der Waals surface area contributed by atoms with Crippen molar-refractivity contribution in [3.05, 3.63) is 65.7 Å². The zero-order chi connectivity index (χ0) is 20.9. The second-order valence-corrected chi connectivity index (χ2v) is 7.12. The molecule has 1 fully saturated rings. The monoisotopic (exact) mass is 408 g/mol. The number of carbonyl (C=O) groups is 1. The van der Waals surface area contributed by atoms with E-state index >= 15 is 0 Å². The summed E-state index contributed by atoms with van der Waals surface area (Å²) in [7, 11) is 0. The number of rotatable bonds is 5. The fourth-order valence-corrected chi connectivity index (χ4v) is 3.71. The number of ether oxygens (including phenoxy) is 1. The Kier molecular flexibility index (Phi) is 6.76. The number of hydrogen-bond donors (Lipinski definition) is 3. The molecule has 0 saturated carbocycles. The van der Waals surface area contributed by atoms with E-state index in [1.54, 1.807) is 0 Å². The summed E-state index contributed by atoms with van der Waals surface area (Å²) in [6, 6.07) is 13.7. The zero-order valence-electron chi connectivity index (χ0n) is 16.1. The minimum absolute atomic E-state index is 0.00681. The molecule has 2 aromatic rings. The largest absolute Gasteiger partial charge is 0.416 e. The average Bonchev–Trinajstić information content (AvgIpc) is 2.69. The molecule has 3 rings (SSSR count). The Hall–Kier alpha value is -2.58. The number of anilines is 1. The number of nitrogens with one attached hydrogen (secondary N) is 3. The third-order valence-corrected chi connectivity index (χ3v) is 5.04. The number of alkyl halides is 3. The normalized spacial score (nSPS) is 17.4. The molecule has 5 nitrogen and oxygen atoms in total. The highest BCUT2D eigenvalue weighted by Gasteiger charge is 2.33. The van der Waals surface area contributed by atoms with Crippen LogP contribution in [0.2, 0.25) is 0 Å². The summed E-state index contributed by atoms with van der Waals surface area (Å²) in [6.45, 7) is 4.86. The van der Waals surface area contributed by atoms with E-state index in [4.69, 9.17) is 4.74 Å². The van der Waals surface area contributed by atoms with Crippen molar-refractivity contribution in [2.75, 3.05) is 31.6 Å². The SMILES string of the molecule is C[C@@H](NC(=O)Nc1cccc(C(F)(F)F)c1)[C@@H](c1ccccc1)[NH+]1CCOCC1. The van der Waals surface area contributed by atoms with E-state index in [9.17, 15) is 18.0 Å². The van der Waals surface area contributed by atoms with Gasteiger partial charge in [-0.05, 0) is 25.1 Å². The van der Waals surface area contributed by atoms with E-state index in [1.807, 2.05) is 37.3 Å². The van der Waals surface area contributed by atoms with Crippen LogP contribution in [0.1, 0.15) is 24.1 Å². The van der Waals surface area contributed by atoms with Gasteiger partial charge in [0.05, 0.1) is 24.8 Å². The highest BCUT2D eigenvalue weighted by Crippen LogP contribution is 2.30. The molecule has 0 radical (unpaired) electrons. The smallest absolute Gasteiger partial charge is 0.370 e. The van der Waals surface area contributed by atoms with Gasteiger partial charge in [-0.25, -0.2) is 4.79 Å². The maximum atomic E-state index is 12.9. The van der Waals surface area contributed by atoms with Crippen molar-refractivity contribution < 1.29 is 27.6 Å². The number of amides is 2. The van der Waals surface area contributed by atoms with E-state index < -0.39 is 17.8 Å². The lowest BCUT2D eigenvalue weighted by Gasteiger charge is -2.35. The summed E-state index contributed by atoms with van der Waals surface area (Å²) in [5.41, 5.74) is 0.388. The molecule has 1 saturated heterocycles. The van der Waals surface area contributed by atoms with Crippen LogP contribution in [0.15, 0.2) is 54.6 Å².